The first-order valence-electron chi connectivity index (χ1n) is 10.7. The van der Waals surface area contributed by atoms with Gasteiger partial charge in [-0.25, -0.2) is 8.42 Å². The highest BCUT2D eigenvalue weighted by atomic mass is 32.2. The Bertz CT molecular complexity index is 982. The molecule has 2 fully saturated rings. The average Bonchev–Trinajstić information content (AvgIpc) is 3.35. The van der Waals surface area contributed by atoms with E-state index < -0.39 is 10.0 Å². The maximum absolute atomic E-state index is 12.8. The maximum atomic E-state index is 12.8. The third kappa shape index (κ3) is 5.31. The number of nitrogens with one attached hydrogen (secondary N) is 1. The van der Waals surface area contributed by atoms with Gasteiger partial charge in [-0.05, 0) is 62.1 Å². The molecule has 0 saturated carbocycles. The van der Waals surface area contributed by atoms with Gasteiger partial charge in [0, 0.05) is 48.1 Å². The molecule has 0 aromatic heterocycles. The van der Waals surface area contributed by atoms with Gasteiger partial charge in [0.05, 0.1) is 4.90 Å². The summed E-state index contributed by atoms with van der Waals surface area (Å²) in [6, 6.07) is 16.5. The summed E-state index contributed by atoms with van der Waals surface area (Å²) in [5.74, 6) is -0.190. The molecule has 31 heavy (non-hydrogen) atoms. The largest absolute Gasteiger partial charge is 0.381 e. The summed E-state index contributed by atoms with van der Waals surface area (Å²) in [5, 5.41) is 3.07. The van der Waals surface area contributed by atoms with Gasteiger partial charge in [0.15, 0.2) is 0 Å². The Morgan fingerprint density at radius 2 is 1.65 bits per heavy atom. The lowest BCUT2D eigenvalue weighted by molar-refractivity contribution is 0.0741. The molecule has 1 amide bonds. The number of ether oxygens (including phenoxy) is 1. The molecule has 0 radical (unpaired) electrons. The second kappa shape index (κ2) is 9.73. The lowest BCUT2D eigenvalue weighted by atomic mass is 9.99. The van der Waals surface area contributed by atoms with Crippen LogP contribution in [0.3, 0.4) is 0 Å². The molecule has 4 rings (SSSR count). The molecule has 0 spiro atoms. The number of benzene rings is 2. The summed E-state index contributed by atoms with van der Waals surface area (Å²) in [6.45, 7) is 3.02. The van der Waals surface area contributed by atoms with Crippen molar-refractivity contribution < 1.29 is 17.9 Å². The van der Waals surface area contributed by atoms with Crippen LogP contribution in [0.5, 0.6) is 0 Å². The minimum absolute atomic E-state index is 0.117. The fourth-order valence-corrected chi connectivity index (χ4v) is 6.82. The van der Waals surface area contributed by atoms with Crippen molar-refractivity contribution in [2.45, 2.75) is 40.2 Å². The molecule has 2 saturated heterocycles. The Hall–Kier alpha value is -1.87. The number of carbonyl (C=O) groups is 1. The molecule has 2 aromatic rings. The number of sulfonamides is 1. The monoisotopic (exact) mass is 460 g/mol. The molecule has 6 nitrogen and oxygen atoms in total. The number of hydrogen-bond donors (Lipinski definition) is 1. The quantitative estimate of drug-likeness (QED) is 0.684. The minimum atomic E-state index is -3.47. The normalized spacial score (nSPS) is 19.2. The zero-order valence-corrected chi connectivity index (χ0v) is 19.1. The van der Waals surface area contributed by atoms with Crippen molar-refractivity contribution in [3.63, 3.8) is 0 Å². The topological polar surface area (TPSA) is 75.7 Å². The molecule has 0 atom stereocenters. The Kier molecular flexibility index (Phi) is 7.01. The predicted octanol–water partition coefficient (Wildman–Crippen LogP) is 3.54. The molecule has 2 aliphatic heterocycles. The molecule has 0 bridgehead atoms. The highest BCUT2D eigenvalue weighted by Gasteiger charge is 2.34. The first kappa shape index (κ1) is 22.3. The third-order valence-electron chi connectivity index (χ3n) is 5.87. The first-order valence-corrected chi connectivity index (χ1v) is 12.9. The van der Waals surface area contributed by atoms with Crippen molar-refractivity contribution >= 4 is 27.7 Å². The van der Waals surface area contributed by atoms with Crippen molar-refractivity contribution in [3.8, 4) is 0 Å². The summed E-state index contributed by atoms with van der Waals surface area (Å²) in [6.07, 6.45) is 3.51. The van der Waals surface area contributed by atoms with E-state index in [-0.39, 0.29) is 15.5 Å². The van der Waals surface area contributed by atoms with E-state index in [1.54, 1.807) is 23.9 Å². The minimum Gasteiger partial charge on any atom is -0.381 e. The van der Waals surface area contributed by atoms with Crippen LogP contribution >= 0.6 is 11.8 Å². The van der Waals surface area contributed by atoms with Crippen LogP contribution in [0.4, 0.5) is 0 Å². The van der Waals surface area contributed by atoms with E-state index in [0.29, 0.717) is 38.4 Å². The van der Waals surface area contributed by atoms with Crippen molar-refractivity contribution in [2.75, 3.05) is 32.8 Å². The van der Waals surface area contributed by atoms with E-state index in [1.165, 1.54) is 21.3 Å². The van der Waals surface area contributed by atoms with Gasteiger partial charge in [0.25, 0.3) is 5.91 Å². The van der Waals surface area contributed by atoms with E-state index in [0.717, 1.165) is 25.7 Å². The van der Waals surface area contributed by atoms with Crippen molar-refractivity contribution in [3.05, 3.63) is 60.2 Å². The fraction of sp³-hybridized carbons (Fsp3) is 0.435. The molecule has 0 aliphatic carbocycles. The zero-order valence-electron chi connectivity index (χ0n) is 17.5. The van der Waals surface area contributed by atoms with Gasteiger partial charge in [-0.2, -0.15) is 4.31 Å². The molecule has 1 N–H and O–H groups in total. The Labute approximate surface area is 188 Å². The highest BCUT2D eigenvalue weighted by Crippen LogP contribution is 2.40. The van der Waals surface area contributed by atoms with Gasteiger partial charge in [-0.15, -0.1) is 11.8 Å². The van der Waals surface area contributed by atoms with Gasteiger partial charge < -0.3 is 10.1 Å². The fourth-order valence-electron chi connectivity index (χ4n) is 4.00. The third-order valence-corrected chi connectivity index (χ3v) is 9.28. The van der Waals surface area contributed by atoms with E-state index in [9.17, 15) is 13.2 Å². The number of nitrogens with zero attached hydrogens (tertiary/aromatic N) is 1. The second-order valence-electron chi connectivity index (χ2n) is 8.03. The van der Waals surface area contributed by atoms with Crippen LogP contribution in [0, 0.1) is 0 Å². The SMILES string of the molecule is O=C(NCC1(Sc2ccccc2)CCOCC1)c1ccc(S(=O)(=O)N2CCCC2)cc1. The molecule has 8 heteroatoms. The maximum Gasteiger partial charge on any atom is 0.251 e. The van der Waals surface area contributed by atoms with Crippen molar-refractivity contribution in [1.82, 2.24) is 9.62 Å². The van der Waals surface area contributed by atoms with E-state index in [4.69, 9.17) is 4.74 Å². The summed E-state index contributed by atoms with van der Waals surface area (Å²) in [7, 11) is -3.47. The van der Waals surface area contributed by atoms with Crippen LogP contribution < -0.4 is 5.32 Å². The van der Waals surface area contributed by atoms with Gasteiger partial charge >= 0.3 is 0 Å². The van der Waals surface area contributed by atoms with Gasteiger partial charge in [-0.1, -0.05) is 18.2 Å². The smallest absolute Gasteiger partial charge is 0.251 e. The standard InChI is InChI=1S/C23H28N2O4S2/c26-22(19-8-10-21(11-9-19)31(27,28)25-14-4-5-15-25)24-18-23(12-16-29-17-13-23)30-20-6-2-1-3-7-20/h1-3,6-11H,4-5,12-18H2,(H,24,26). The molecule has 2 heterocycles. The van der Waals surface area contributed by atoms with Crippen LogP contribution in [0.2, 0.25) is 0 Å². The Morgan fingerprint density at radius 1 is 1.00 bits per heavy atom. The summed E-state index contributed by atoms with van der Waals surface area (Å²) >= 11 is 1.79. The van der Waals surface area contributed by atoms with Gasteiger partial charge in [-0.3, -0.25) is 4.79 Å². The predicted molar refractivity (Wildman–Crippen MR) is 122 cm³/mol. The van der Waals surface area contributed by atoms with Crippen molar-refractivity contribution in [1.29, 1.82) is 0 Å². The summed E-state index contributed by atoms with van der Waals surface area (Å²) in [5.41, 5.74) is 0.465. The molecular weight excluding hydrogens is 432 g/mol. The van der Waals surface area contributed by atoms with E-state index in [2.05, 4.69) is 17.4 Å². The van der Waals surface area contributed by atoms with Crippen LogP contribution in [-0.2, 0) is 14.8 Å². The van der Waals surface area contributed by atoms with Gasteiger partial charge in [0.2, 0.25) is 10.0 Å². The lowest BCUT2D eigenvalue weighted by Gasteiger charge is -2.36. The summed E-state index contributed by atoms with van der Waals surface area (Å²) in [4.78, 5) is 14.2. The van der Waals surface area contributed by atoms with Crippen molar-refractivity contribution in [2.24, 2.45) is 0 Å². The number of thioether (sulfide) groups is 1. The Balaban J connectivity index is 1.42. The number of amides is 1. The van der Waals surface area contributed by atoms with Crippen LogP contribution in [0.25, 0.3) is 0 Å². The van der Waals surface area contributed by atoms with Gasteiger partial charge in [0.1, 0.15) is 0 Å². The average molecular weight is 461 g/mol. The second-order valence-corrected chi connectivity index (χ2v) is 11.5. The zero-order chi connectivity index (χ0) is 21.7. The van der Waals surface area contributed by atoms with E-state index in [1.807, 2.05) is 18.2 Å². The first-order chi connectivity index (χ1) is 15.0. The number of hydrogen-bond acceptors (Lipinski definition) is 5. The molecule has 2 aromatic carbocycles. The number of rotatable bonds is 7. The van der Waals surface area contributed by atoms with Crippen LogP contribution in [0.15, 0.2) is 64.4 Å². The van der Waals surface area contributed by atoms with Crippen LogP contribution in [0.1, 0.15) is 36.0 Å². The Morgan fingerprint density at radius 3 is 2.29 bits per heavy atom. The molecule has 0 unspecified atom stereocenters. The number of carbonyl (C=O) groups excluding carboxylic acids is 1. The highest BCUT2D eigenvalue weighted by molar-refractivity contribution is 8.00. The van der Waals surface area contributed by atoms with E-state index >= 15 is 0 Å². The lowest BCUT2D eigenvalue weighted by Crippen LogP contribution is -2.44. The molecule has 2 aliphatic rings. The van der Waals surface area contributed by atoms with Crippen LogP contribution in [-0.4, -0.2) is 56.2 Å². The summed E-state index contributed by atoms with van der Waals surface area (Å²) < 4.78 is 32.3. The molecular formula is C23H28N2O4S2. The molecule has 166 valence electrons.